The van der Waals surface area contributed by atoms with E-state index < -0.39 is 0 Å². The van der Waals surface area contributed by atoms with Crippen LogP contribution in [0.5, 0.6) is 5.75 Å². The van der Waals surface area contributed by atoms with Crippen LogP contribution in [0.2, 0.25) is 5.02 Å². The number of methoxy groups -OCH3 is 2. The van der Waals surface area contributed by atoms with Crippen LogP contribution in [0.15, 0.2) is 18.2 Å². The SMILES string of the molecule is COCCNCC1(c2cc(Cl)ccc2OC)CCCC1C. The lowest BCUT2D eigenvalue weighted by atomic mass is 9.72. The van der Waals surface area contributed by atoms with Gasteiger partial charge in [-0.25, -0.2) is 0 Å². The van der Waals surface area contributed by atoms with Gasteiger partial charge in [-0.3, -0.25) is 0 Å². The fourth-order valence-corrected chi connectivity index (χ4v) is 3.73. The maximum atomic E-state index is 6.25. The molecule has 118 valence electrons. The average molecular weight is 312 g/mol. The van der Waals surface area contributed by atoms with E-state index in [1.54, 1.807) is 14.2 Å². The standard InChI is InChI=1S/C17H26ClNO2/c1-13-5-4-8-17(13,12-19-9-10-20-2)15-11-14(18)6-7-16(15)21-3/h6-7,11,13,19H,4-5,8-10,12H2,1-3H3. The molecule has 3 nitrogen and oxygen atoms in total. The number of halogens is 1. The molecule has 1 saturated carbocycles. The van der Waals surface area contributed by atoms with Crippen LogP contribution in [0.1, 0.15) is 31.7 Å². The van der Waals surface area contributed by atoms with E-state index in [4.69, 9.17) is 21.1 Å². The number of hydrogen-bond acceptors (Lipinski definition) is 3. The largest absolute Gasteiger partial charge is 0.496 e. The summed E-state index contributed by atoms with van der Waals surface area (Å²) in [7, 11) is 3.47. The molecule has 0 heterocycles. The highest BCUT2D eigenvalue weighted by Crippen LogP contribution is 2.48. The summed E-state index contributed by atoms with van der Waals surface area (Å²) in [4.78, 5) is 0. The van der Waals surface area contributed by atoms with Crippen molar-refractivity contribution >= 4 is 11.6 Å². The summed E-state index contributed by atoms with van der Waals surface area (Å²) in [5.41, 5.74) is 1.34. The lowest BCUT2D eigenvalue weighted by molar-refractivity contribution is 0.193. The summed E-state index contributed by atoms with van der Waals surface area (Å²) < 4.78 is 10.7. The van der Waals surface area contributed by atoms with E-state index in [1.165, 1.54) is 24.8 Å². The highest BCUT2D eigenvalue weighted by Gasteiger charge is 2.43. The molecule has 1 aliphatic rings. The first-order valence-corrected chi connectivity index (χ1v) is 8.05. The van der Waals surface area contributed by atoms with Gasteiger partial charge in [0.15, 0.2) is 0 Å². The van der Waals surface area contributed by atoms with E-state index >= 15 is 0 Å². The molecule has 0 aromatic heterocycles. The van der Waals surface area contributed by atoms with Crippen LogP contribution in [-0.4, -0.2) is 33.9 Å². The van der Waals surface area contributed by atoms with Gasteiger partial charge in [-0.15, -0.1) is 0 Å². The molecule has 0 radical (unpaired) electrons. The van der Waals surface area contributed by atoms with Gasteiger partial charge in [-0.1, -0.05) is 24.9 Å². The Morgan fingerprint density at radius 2 is 2.19 bits per heavy atom. The third kappa shape index (κ3) is 3.53. The van der Waals surface area contributed by atoms with Gasteiger partial charge in [0.25, 0.3) is 0 Å². The second-order valence-corrected chi connectivity index (χ2v) is 6.40. The molecule has 0 bridgehead atoms. The average Bonchev–Trinajstić information content (AvgIpc) is 2.86. The maximum Gasteiger partial charge on any atom is 0.122 e. The molecule has 0 aliphatic heterocycles. The summed E-state index contributed by atoms with van der Waals surface area (Å²) in [6.45, 7) is 4.88. The van der Waals surface area contributed by atoms with E-state index in [0.29, 0.717) is 5.92 Å². The fraction of sp³-hybridized carbons (Fsp3) is 0.647. The van der Waals surface area contributed by atoms with Crippen molar-refractivity contribution in [3.8, 4) is 5.75 Å². The van der Waals surface area contributed by atoms with Crippen molar-refractivity contribution in [3.05, 3.63) is 28.8 Å². The molecule has 1 aromatic carbocycles. The van der Waals surface area contributed by atoms with Crippen LogP contribution >= 0.6 is 11.6 Å². The second-order valence-electron chi connectivity index (χ2n) is 5.96. The Bertz CT molecular complexity index is 466. The molecule has 0 amide bonds. The van der Waals surface area contributed by atoms with Gasteiger partial charge in [0, 0.05) is 36.2 Å². The van der Waals surface area contributed by atoms with E-state index in [0.717, 1.165) is 30.5 Å². The third-order valence-corrected chi connectivity index (χ3v) is 5.06. The highest BCUT2D eigenvalue weighted by molar-refractivity contribution is 6.30. The molecule has 1 fully saturated rings. The maximum absolute atomic E-state index is 6.25. The molecule has 1 N–H and O–H groups in total. The van der Waals surface area contributed by atoms with Gasteiger partial charge < -0.3 is 14.8 Å². The Morgan fingerprint density at radius 1 is 1.38 bits per heavy atom. The molecular weight excluding hydrogens is 286 g/mol. The zero-order valence-corrected chi connectivity index (χ0v) is 14.0. The van der Waals surface area contributed by atoms with Crippen LogP contribution in [0.3, 0.4) is 0 Å². The molecule has 4 heteroatoms. The molecule has 21 heavy (non-hydrogen) atoms. The van der Waals surface area contributed by atoms with Crippen LogP contribution < -0.4 is 10.1 Å². The Kier molecular flexibility index (Phi) is 5.91. The monoisotopic (exact) mass is 311 g/mol. The van der Waals surface area contributed by atoms with Crippen molar-refractivity contribution < 1.29 is 9.47 Å². The fourth-order valence-electron chi connectivity index (χ4n) is 3.56. The van der Waals surface area contributed by atoms with Crippen molar-refractivity contribution in [1.82, 2.24) is 5.32 Å². The first-order valence-electron chi connectivity index (χ1n) is 7.67. The summed E-state index contributed by atoms with van der Waals surface area (Å²) in [5.74, 6) is 1.56. The minimum Gasteiger partial charge on any atom is -0.496 e. The molecule has 0 saturated heterocycles. The smallest absolute Gasteiger partial charge is 0.122 e. The lowest BCUT2D eigenvalue weighted by Crippen LogP contribution is -2.41. The van der Waals surface area contributed by atoms with Crippen LogP contribution in [0, 0.1) is 5.92 Å². The predicted octanol–water partition coefficient (Wildman–Crippen LogP) is 3.64. The molecule has 1 aliphatic carbocycles. The topological polar surface area (TPSA) is 30.5 Å². The Morgan fingerprint density at radius 3 is 2.81 bits per heavy atom. The highest BCUT2D eigenvalue weighted by atomic mass is 35.5. The van der Waals surface area contributed by atoms with Crippen molar-refractivity contribution in [2.45, 2.75) is 31.6 Å². The molecule has 0 spiro atoms. The van der Waals surface area contributed by atoms with Crippen LogP contribution in [0.4, 0.5) is 0 Å². The first-order chi connectivity index (χ1) is 10.1. The van der Waals surface area contributed by atoms with Gasteiger partial charge in [0.2, 0.25) is 0 Å². The molecule has 2 atom stereocenters. The van der Waals surface area contributed by atoms with Crippen LogP contribution in [-0.2, 0) is 10.2 Å². The Hall–Kier alpha value is -0.770. The van der Waals surface area contributed by atoms with Crippen molar-refractivity contribution in [3.63, 3.8) is 0 Å². The molecular formula is C17H26ClNO2. The second kappa shape index (κ2) is 7.48. The summed E-state index contributed by atoms with van der Waals surface area (Å²) in [5, 5.41) is 4.32. The van der Waals surface area contributed by atoms with Gasteiger partial charge in [0.05, 0.1) is 13.7 Å². The first kappa shape index (κ1) is 16.6. The number of nitrogens with one attached hydrogen (secondary N) is 1. The van der Waals surface area contributed by atoms with Crippen molar-refractivity contribution in [2.75, 3.05) is 33.9 Å². The van der Waals surface area contributed by atoms with Gasteiger partial charge in [-0.2, -0.15) is 0 Å². The number of benzene rings is 1. The van der Waals surface area contributed by atoms with E-state index in [9.17, 15) is 0 Å². The molecule has 2 rings (SSSR count). The minimum atomic E-state index is 0.101. The zero-order valence-electron chi connectivity index (χ0n) is 13.2. The number of rotatable bonds is 7. The quantitative estimate of drug-likeness (QED) is 0.780. The third-order valence-electron chi connectivity index (χ3n) is 4.82. The predicted molar refractivity (Wildman–Crippen MR) is 87.4 cm³/mol. The van der Waals surface area contributed by atoms with Gasteiger partial charge in [-0.05, 0) is 37.0 Å². The number of ether oxygens (including phenoxy) is 2. The summed E-state index contributed by atoms with van der Waals surface area (Å²) in [6.07, 6.45) is 3.68. The van der Waals surface area contributed by atoms with E-state index in [-0.39, 0.29) is 5.41 Å². The van der Waals surface area contributed by atoms with E-state index in [2.05, 4.69) is 18.3 Å². The van der Waals surface area contributed by atoms with Gasteiger partial charge >= 0.3 is 0 Å². The normalized spacial score (nSPS) is 25.2. The summed E-state index contributed by atoms with van der Waals surface area (Å²) >= 11 is 6.25. The van der Waals surface area contributed by atoms with Crippen molar-refractivity contribution in [1.29, 1.82) is 0 Å². The zero-order chi connectivity index (χ0) is 15.3. The van der Waals surface area contributed by atoms with Crippen molar-refractivity contribution in [2.24, 2.45) is 5.92 Å². The number of hydrogen-bond donors (Lipinski definition) is 1. The van der Waals surface area contributed by atoms with E-state index in [1.807, 2.05) is 12.1 Å². The molecule has 1 aromatic rings. The Balaban J connectivity index is 2.29. The Labute approximate surface area is 133 Å². The lowest BCUT2D eigenvalue weighted by Gasteiger charge is -2.36. The summed E-state index contributed by atoms with van der Waals surface area (Å²) in [6, 6.07) is 5.97. The van der Waals surface area contributed by atoms with Gasteiger partial charge in [0.1, 0.15) is 5.75 Å². The van der Waals surface area contributed by atoms with Crippen LogP contribution in [0.25, 0.3) is 0 Å². The molecule has 2 unspecified atom stereocenters. The minimum absolute atomic E-state index is 0.101.